The molecule has 1 aromatic carbocycles. The third kappa shape index (κ3) is 3.09. The molecule has 1 aliphatic rings. The molecule has 3 nitrogen and oxygen atoms in total. The van der Waals surface area contributed by atoms with Crippen LogP contribution in [0.4, 0.5) is 13.6 Å². The lowest BCUT2D eigenvalue weighted by Gasteiger charge is -2.38. The van der Waals surface area contributed by atoms with Crippen LogP contribution >= 0.6 is 24.0 Å². The monoisotopic (exact) mass is 311 g/mol. The number of carbonyl (C=O) groups excluding carboxylic acids is 1. The standard InChI is InChI=1S/C12H12ClF2NO2.ClH/c1-12(2)5-18-11(17)16-10(12)9-7(14)3-6(13)4-8(9)15;/h3-4,10H,5H2,1-2H3,(H,16,17);1H/t10-;/m1./s1. The van der Waals surface area contributed by atoms with Gasteiger partial charge in [0.1, 0.15) is 18.2 Å². The molecule has 19 heavy (non-hydrogen) atoms. The maximum Gasteiger partial charge on any atom is 0.407 e. The predicted molar refractivity (Wildman–Crippen MR) is 69.6 cm³/mol. The van der Waals surface area contributed by atoms with Gasteiger partial charge in [-0.1, -0.05) is 25.4 Å². The fourth-order valence-electron chi connectivity index (χ4n) is 1.98. The summed E-state index contributed by atoms with van der Waals surface area (Å²) < 4.78 is 32.5. The van der Waals surface area contributed by atoms with E-state index in [-0.39, 0.29) is 29.6 Å². The molecule has 1 aromatic rings. The Bertz CT molecular complexity index is 485. The molecule has 1 atom stereocenters. The summed E-state index contributed by atoms with van der Waals surface area (Å²) in [5, 5.41) is 2.42. The molecule has 0 radical (unpaired) electrons. The van der Waals surface area contributed by atoms with Gasteiger partial charge < -0.3 is 10.1 Å². The van der Waals surface area contributed by atoms with Crippen LogP contribution in [0.1, 0.15) is 25.5 Å². The summed E-state index contributed by atoms with van der Waals surface area (Å²) >= 11 is 5.57. The van der Waals surface area contributed by atoms with Crippen LogP contribution in [-0.2, 0) is 4.74 Å². The minimum Gasteiger partial charge on any atom is -0.449 e. The van der Waals surface area contributed by atoms with Gasteiger partial charge in [0.2, 0.25) is 0 Å². The van der Waals surface area contributed by atoms with Gasteiger partial charge in [-0.3, -0.25) is 0 Å². The second-order valence-corrected chi connectivity index (χ2v) is 5.36. The van der Waals surface area contributed by atoms with Crippen LogP contribution < -0.4 is 5.32 Å². The largest absolute Gasteiger partial charge is 0.449 e. The summed E-state index contributed by atoms with van der Waals surface area (Å²) in [4.78, 5) is 11.2. The van der Waals surface area contributed by atoms with Crippen molar-refractivity contribution in [1.29, 1.82) is 0 Å². The quantitative estimate of drug-likeness (QED) is 0.855. The van der Waals surface area contributed by atoms with E-state index in [9.17, 15) is 13.6 Å². The number of nitrogens with one attached hydrogen (secondary N) is 1. The van der Waals surface area contributed by atoms with Crippen LogP contribution in [0.3, 0.4) is 0 Å². The zero-order valence-corrected chi connectivity index (χ0v) is 11.9. The number of hydrogen-bond donors (Lipinski definition) is 1. The Balaban J connectivity index is 0.00000180. The van der Waals surface area contributed by atoms with Crippen LogP contribution in [0, 0.1) is 17.0 Å². The molecule has 0 bridgehead atoms. The van der Waals surface area contributed by atoms with Gasteiger partial charge in [0.05, 0.1) is 6.04 Å². The zero-order valence-electron chi connectivity index (χ0n) is 10.3. The van der Waals surface area contributed by atoms with E-state index in [1.807, 2.05) is 0 Å². The summed E-state index contributed by atoms with van der Waals surface area (Å²) in [5.41, 5.74) is -0.815. The van der Waals surface area contributed by atoms with E-state index < -0.39 is 29.2 Å². The highest BCUT2D eigenvalue weighted by Gasteiger charge is 2.40. The summed E-state index contributed by atoms with van der Waals surface area (Å²) in [5.74, 6) is -1.56. The van der Waals surface area contributed by atoms with Crippen molar-refractivity contribution in [1.82, 2.24) is 5.32 Å². The van der Waals surface area contributed by atoms with Gasteiger partial charge in [0.15, 0.2) is 0 Å². The minimum atomic E-state index is -0.795. The van der Waals surface area contributed by atoms with Crippen LogP contribution in [-0.4, -0.2) is 12.7 Å². The molecule has 1 N–H and O–H groups in total. The van der Waals surface area contributed by atoms with Crippen LogP contribution in [0.15, 0.2) is 12.1 Å². The number of carbonyl (C=O) groups is 1. The lowest BCUT2D eigenvalue weighted by Crippen LogP contribution is -2.47. The summed E-state index contributed by atoms with van der Waals surface area (Å²) in [6.07, 6.45) is -0.687. The number of rotatable bonds is 1. The smallest absolute Gasteiger partial charge is 0.407 e. The number of benzene rings is 1. The van der Waals surface area contributed by atoms with Crippen molar-refractivity contribution >= 4 is 30.1 Å². The second kappa shape index (κ2) is 5.51. The topological polar surface area (TPSA) is 38.3 Å². The first kappa shape index (κ1) is 16.0. The van der Waals surface area contributed by atoms with Gasteiger partial charge >= 0.3 is 6.09 Å². The Kier molecular flexibility index (Phi) is 4.63. The highest BCUT2D eigenvalue weighted by molar-refractivity contribution is 6.30. The van der Waals surface area contributed by atoms with Crippen molar-refractivity contribution in [3.63, 3.8) is 0 Å². The van der Waals surface area contributed by atoms with Crippen molar-refractivity contribution in [3.05, 3.63) is 34.4 Å². The number of alkyl carbamates (subject to hydrolysis) is 1. The van der Waals surface area contributed by atoms with Gasteiger partial charge in [0.25, 0.3) is 0 Å². The molecule has 0 saturated carbocycles. The van der Waals surface area contributed by atoms with Crippen LogP contribution in [0.5, 0.6) is 0 Å². The number of halogens is 4. The third-order valence-corrected chi connectivity index (χ3v) is 3.17. The first-order chi connectivity index (χ1) is 8.31. The Morgan fingerprint density at radius 3 is 2.42 bits per heavy atom. The lowest BCUT2D eigenvalue weighted by atomic mass is 9.80. The van der Waals surface area contributed by atoms with Crippen molar-refractivity contribution in [3.8, 4) is 0 Å². The lowest BCUT2D eigenvalue weighted by molar-refractivity contribution is 0.0367. The molecular weight excluding hydrogens is 299 g/mol. The van der Waals surface area contributed by atoms with E-state index >= 15 is 0 Å². The molecular formula is C12H13Cl2F2NO2. The zero-order chi connectivity index (χ0) is 13.5. The van der Waals surface area contributed by atoms with Gasteiger partial charge in [-0.15, -0.1) is 12.4 Å². The number of cyclic esters (lactones) is 1. The summed E-state index contributed by atoms with van der Waals surface area (Å²) in [7, 11) is 0. The van der Waals surface area contributed by atoms with Crippen molar-refractivity contribution in [2.24, 2.45) is 5.41 Å². The molecule has 0 spiro atoms. The second-order valence-electron chi connectivity index (χ2n) is 4.93. The maximum atomic E-state index is 13.8. The molecule has 0 aliphatic carbocycles. The van der Waals surface area contributed by atoms with E-state index in [4.69, 9.17) is 16.3 Å². The molecule has 2 rings (SSSR count). The average molecular weight is 312 g/mol. The number of amides is 1. The fraction of sp³-hybridized carbons (Fsp3) is 0.417. The molecule has 7 heteroatoms. The Morgan fingerprint density at radius 1 is 1.37 bits per heavy atom. The SMILES string of the molecule is CC1(C)COC(=O)N[C@@H]1c1c(F)cc(Cl)cc1F.Cl. The van der Waals surface area contributed by atoms with Crippen molar-refractivity contribution in [2.45, 2.75) is 19.9 Å². The first-order valence-corrected chi connectivity index (χ1v) is 5.77. The molecule has 1 fully saturated rings. The normalized spacial score (nSPS) is 21.1. The average Bonchev–Trinajstić information content (AvgIpc) is 2.22. The van der Waals surface area contributed by atoms with E-state index in [2.05, 4.69) is 5.32 Å². The van der Waals surface area contributed by atoms with E-state index in [1.165, 1.54) is 0 Å². The molecule has 1 amide bonds. The summed E-state index contributed by atoms with van der Waals surface area (Å²) in [6.45, 7) is 3.60. The van der Waals surface area contributed by atoms with Gasteiger partial charge in [-0.25, -0.2) is 13.6 Å². The van der Waals surface area contributed by atoms with E-state index in [0.29, 0.717) is 0 Å². The van der Waals surface area contributed by atoms with E-state index in [1.54, 1.807) is 13.8 Å². The molecule has 0 aromatic heterocycles. The summed E-state index contributed by atoms with van der Waals surface area (Å²) in [6, 6.07) is 1.26. The number of hydrogen-bond acceptors (Lipinski definition) is 2. The van der Waals surface area contributed by atoms with Crippen LogP contribution in [0.25, 0.3) is 0 Å². The maximum absolute atomic E-state index is 13.8. The van der Waals surface area contributed by atoms with Gasteiger partial charge in [-0.05, 0) is 12.1 Å². The molecule has 0 unspecified atom stereocenters. The highest BCUT2D eigenvalue weighted by Crippen LogP contribution is 2.39. The molecule has 1 aliphatic heterocycles. The number of ether oxygens (including phenoxy) is 1. The molecule has 1 saturated heterocycles. The Hall–Kier alpha value is -1.07. The Morgan fingerprint density at radius 2 is 1.89 bits per heavy atom. The third-order valence-electron chi connectivity index (χ3n) is 2.95. The highest BCUT2D eigenvalue weighted by atomic mass is 35.5. The predicted octanol–water partition coefficient (Wildman–Crippen LogP) is 3.85. The van der Waals surface area contributed by atoms with Gasteiger partial charge in [-0.2, -0.15) is 0 Å². The first-order valence-electron chi connectivity index (χ1n) is 5.39. The van der Waals surface area contributed by atoms with Crippen LogP contribution in [0.2, 0.25) is 5.02 Å². The van der Waals surface area contributed by atoms with Gasteiger partial charge in [0, 0.05) is 16.0 Å². The fourth-order valence-corrected chi connectivity index (χ4v) is 2.17. The Labute approximate surface area is 120 Å². The molecule has 106 valence electrons. The van der Waals surface area contributed by atoms with Crippen molar-refractivity contribution in [2.75, 3.05) is 6.61 Å². The molecule has 1 heterocycles. The minimum absolute atomic E-state index is 0. The van der Waals surface area contributed by atoms with Crippen molar-refractivity contribution < 1.29 is 18.3 Å². The van der Waals surface area contributed by atoms with E-state index in [0.717, 1.165) is 12.1 Å².